The van der Waals surface area contributed by atoms with Crippen molar-refractivity contribution in [3.05, 3.63) is 17.0 Å². The van der Waals surface area contributed by atoms with Gasteiger partial charge in [-0.25, -0.2) is 4.63 Å². The molecule has 7 heteroatoms. The van der Waals surface area contributed by atoms with Gasteiger partial charge in [0.25, 0.3) is 0 Å². The number of nitrogens with zero attached hydrogens (tertiary/aromatic N) is 3. The van der Waals surface area contributed by atoms with Gasteiger partial charge in [-0.15, -0.1) is 4.91 Å². The molecule has 1 aromatic heterocycles. The second-order valence-electron chi connectivity index (χ2n) is 3.19. The van der Waals surface area contributed by atoms with E-state index in [0.717, 1.165) is 0 Å². The fourth-order valence-corrected chi connectivity index (χ4v) is 1.37. The quantitative estimate of drug-likeness (QED) is 0.586. The number of fused-ring (bicyclic) bond motifs is 1. The lowest BCUT2D eigenvalue weighted by atomic mass is 10.2. The Morgan fingerprint density at radius 2 is 2.19 bits per heavy atom. The lowest BCUT2D eigenvalue weighted by Gasteiger charge is -2.04. The predicted molar refractivity (Wildman–Crippen MR) is 57.5 cm³/mol. The molecule has 0 unspecified atom stereocenters. The minimum absolute atomic E-state index is 0.112. The number of hydrogen-bond donors (Lipinski definition) is 2. The summed E-state index contributed by atoms with van der Waals surface area (Å²) in [7, 11) is 0. The van der Waals surface area contributed by atoms with Gasteiger partial charge in [0.15, 0.2) is 11.0 Å². The molecule has 0 fully saturated rings. The van der Waals surface area contributed by atoms with Crippen LogP contribution < -0.4 is 5.32 Å². The van der Waals surface area contributed by atoms with Crippen molar-refractivity contribution < 1.29 is 9.74 Å². The highest BCUT2D eigenvalue weighted by molar-refractivity contribution is 5.94. The first-order valence-electron chi connectivity index (χ1n) is 4.80. The van der Waals surface area contributed by atoms with Crippen molar-refractivity contribution in [2.45, 2.75) is 6.42 Å². The molecule has 2 N–H and O–H groups in total. The summed E-state index contributed by atoms with van der Waals surface area (Å²) in [6, 6.07) is 3.22. The standard InChI is InChI=1S/C9H10N4O3/c14-5-1-4-10-6-2-3-7(11-15)9-8(6)12-16-13-9/h2-3,10,14H,1,4-5H2. The van der Waals surface area contributed by atoms with Crippen LogP contribution >= 0.6 is 0 Å². The fraction of sp³-hybridized carbons (Fsp3) is 0.333. The summed E-state index contributed by atoms with van der Waals surface area (Å²) in [5, 5.41) is 21.9. The zero-order valence-corrected chi connectivity index (χ0v) is 8.38. The zero-order chi connectivity index (χ0) is 11.4. The SMILES string of the molecule is O=Nc1ccc(NCCCO)c2nonc12. The number of aliphatic hydroxyl groups is 1. The van der Waals surface area contributed by atoms with Gasteiger partial charge in [0.1, 0.15) is 5.69 Å². The lowest BCUT2D eigenvalue weighted by Crippen LogP contribution is -2.03. The van der Waals surface area contributed by atoms with Crippen molar-refractivity contribution in [3.8, 4) is 0 Å². The van der Waals surface area contributed by atoms with Gasteiger partial charge in [-0.1, -0.05) is 0 Å². The van der Waals surface area contributed by atoms with Gasteiger partial charge in [0.05, 0.1) is 5.69 Å². The number of benzene rings is 1. The Labute approximate surface area is 90.4 Å². The molecule has 1 heterocycles. The molecule has 0 atom stereocenters. The van der Waals surface area contributed by atoms with Crippen molar-refractivity contribution >= 4 is 22.4 Å². The molecular formula is C9H10N4O3. The number of anilines is 1. The molecule has 0 saturated carbocycles. The fourth-order valence-electron chi connectivity index (χ4n) is 1.37. The maximum absolute atomic E-state index is 10.5. The molecule has 0 aliphatic carbocycles. The summed E-state index contributed by atoms with van der Waals surface area (Å²) in [5.74, 6) is 0. The summed E-state index contributed by atoms with van der Waals surface area (Å²) in [5.41, 5.74) is 1.71. The normalized spacial score (nSPS) is 10.6. The third kappa shape index (κ3) is 1.84. The molecular weight excluding hydrogens is 212 g/mol. The van der Waals surface area contributed by atoms with E-state index in [0.29, 0.717) is 29.7 Å². The molecule has 0 aliphatic heterocycles. The van der Waals surface area contributed by atoms with Crippen LogP contribution in [0.2, 0.25) is 0 Å². The van der Waals surface area contributed by atoms with Gasteiger partial charge < -0.3 is 10.4 Å². The Morgan fingerprint density at radius 1 is 1.38 bits per heavy atom. The molecule has 2 aromatic rings. The van der Waals surface area contributed by atoms with E-state index in [1.54, 1.807) is 12.1 Å². The Kier molecular flexibility index (Phi) is 3.06. The number of aromatic nitrogens is 2. The Bertz CT molecular complexity index is 496. The molecule has 0 saturated heterocycles. The Balaban J connectivity index is 2.32. The first kappa shape index (κ1) is 10.5. The summed E-state index contributed by atoms with van der Waals surface area (Å²) in [6.45, 7) is 0.716. The van der Waals surface area contributed by atoms with Gasteiger partial charge in [-0.3, -0.25) is 0 Å². The van der Waals surface area contributed by atoms with Crippen LogP contribution in [-0.2, 0) is 0 Å². The van der Waals surface area contributed by atoms with Crippen LogP contribution in [0.5, 0.6) is 0 Å². The van der Waals surface area contributed by atoms with E-state index in [-0.39, 0.29) is 12.3 Å². The van der Waals surface area contributed by atoms with Crippen molar-refractivity contribution in [1.29, 1.82) is 0 Å². The molecule has 7 nitrogen and oxygen atoms in total. The second-order valence-corrected chi connectivity index (χ2v) is 3.19. The average molecular weight is 222 g/mol. The molecule has 0 amide bonds. The summed E-state index contributed by atoms with van der Waals surface area (Å²) >= 11 is 0. The van der Waals surface area contributed by atoms with E-state index >= 15 is 0 Å². The molecule has 2 rings (SSSR count). The predicted octanol–water partition coefficient (Wildman–Crippen LogP) is 1.41. The van der Waals surface area contributed by atoms with Gasteiger partial charge in [-0.2, -0.15) is 0 Å². The van der Waals surface area contributed by atoms with E-state index in [4.69, 9.17) is 5.11 Å². The molecule has 0 aliphatic rings. The molecule has 0 bridgehead atoms. The summed E-state index contributed by atoms with van der Waals surface area (Å²) in [6.07, 6.45) is 0.625. The van der Waals surface area contributed by atoms with Gasteiger partial charge >= 0.3 is 0 Å². The Hall–Kier alpha value is -2.02. The van der Waals surface area contributed by atoms with Crippen molar-refractivity contribution in [2.24, 2.45) is 5.18 Å². The molecule has 0 spiro atoms. The number of hydrogen-bond acceptors (Lipinski definition) is 7. The van der Waals surface area contributed by atoms with E-state index < -0.39 is 0 Å². The van der Waals surface area contributed by atoms with E-state index in [1.807, 2.05) is 0 Å². The van der Waals surface area contributed by atoms with Gasteiger partial charge in [-0.05, 0) is 34.0 Å². The Morgan fingerprint density at radius 3 is 2.94 bits per heavy atom. The minimum Gasteiger partial charge on any atom is -0.396 e. The first-order chi connectivity index (χ1) is 7.86. The van der Waals surface area contributed by atoms with Crippen molar-refractivity contribution in [3.63, 3.8) is 0 Å². The van der Waals surface area contributed by atoms with Crippen LogP contribution in [0.15, 0.2) is 21.9 Å². The monoisotopic (exact) mass is 222 g/mol. The third-order valence-electron chi connectivity index (χ3n) is 2.14. The number of nitroso groups, excluding NO2 is 1. The zero-order valence-electron chi connectivity index (χ0n) is 8.38. The van der Waals surface area contributed by atoms with Crippen LogP contribution in [0.3, 0.4) is 0 Å². The van der Waals surface area contributed by atoms with Crippen molar-refractivity contribution in [2.75, 3.05) is 18.5 Å². The number of aliphatic hydroxyl groups excluding tert-OH is 1. The maximum atomic E-state index is 10.5. The van der Waals surface area contributed by atoms with Crippen LogP contribution in [0, 0.1) is 4.91 Å². The number of nitrogens with one attached hydrogen (secondary N) is 1. The molecule has 0 radical (unpaired) electrons. The van der Waals surface area contributed by atoms with E-state index in [9.17, 15) is 4.91 Å². The maximum Gasteiger partial charge on any atom is 0.166 e. The molecule has 1 aromatic carbocycles. The van der Waals surface area contributed by atoms with Crippen LogP contribution in [0.25, 0.3) is 11.0 Å². The van der Waals surface area contributed by atoms with Crippen molar-refractivity contribution in [1.82, 2.24) is 10.3 Å². The van der Waals surface area contributed by atoms with Crippen LogP contribution in [-0.4, -0.2) is 28.6 Å². The third-order valence-corrected chi connectivity index (χ3v) is 2.14. The molecule has 84 valence electrons. The highest BCUT2D eigenvalue weighted by Crippen LogP contribution is 2.28. The van der Waals surface area contributed by atoms with Crippen LogP contribution in [0.1, 0.15) is 6.42 Å². The van der Waals surface area contributed by atoms with E-state index in [1.165, 1.54) is 0 Å². The average Bonchev–Trinajstić information content (AvgIpc) is 2.79. The van der Waals surface area contributed by atoms with E-state index in [2.05, 4.69) is 25.4 Å². The summed E-state index contributed by atoms with van der Waals surface area (Å²) < 4.78 is 4.57. The van der Waals surface area contributed by atoms with Gasteiger partial charge in [0.2, 0.25) is 0 Å². The smallest absolute Gasteiger partial charge is 0.166 e. The summed E-state index contributed by atoms with van der Waals surface area (Å²) in [4.78, 5) is 10.5. The largest absolute Gasteiger partial charge is 0.396 e. The molecule has 16 heavy (non-hydrogen) atoms. The first-order valence-corrected chi connectivity index (χ1v) is 4.80. The topological polar surface area (TPSA) is 101 Å². The highest BCUT2D eigenvalue weighted by Gasteiger charge is 2.11. The van der Waals surface area contributed by atoms with Crippen LogP contribution in [0.4, 0.5) is 11.4 Å². The second kappa shape index (κ2) is 4.67. The lowest BCUT2D eigenvalue weighted by molar-refractivity contribution is 0.292. The van der Waals surface area contributed by atoms with Gasteiger partial charge in [0, 0.05) is 13.2 Å². The highest BCUT2D eigenvalue weighted by atomic mass is 16.6. The number of rotatable bonds is 5. The minimum atomic E-state index is 0.112.